The number of para-hydroxylation sites is 2. The van der Waals surface area contributed by atoms with Crippen molar-refractivity contribution >= 4 is 0 Å². The fraction of sp³-hybridized carbons (Fsp3) is 0.647. The maximum atomic E-state index is 5.76. The average Bonchev–Trinajstić information content (AvgIpc) is 3.27. The quantitative estimate of drug-likeness (QED) is 0.744. The first kappa shape index (κ1) is 14.7. The van der Waals surface area contributed by atoms with Crippen molar-refractivity contribution in [2.45, 2.75) is 25.3 Å². The van der Waals surface area contributed by atoms with Crippen LogP contribution < -0.4 is 14.8 Å². The number of ether oxygens (including phenoxy) is 2. The van der Waals surface area contributed by atoms with Gasteiger partial charge < -0.3 is 19.7 Å². The Balaban J connectivity index is 1.30. The summed E-state index contributed by atoms with van der Waals surface area (Å²) in [5.74, 6) is 2.44. The third kappa shape index (κ3) is 4.11. The van der Waals surface area contributed by atoms with Gasteiger partial charge in [0, 0.05) is 19.1 Å². The molecule has 1 saturated heterocycles. The van der Waals surface area contributed by atoms with Crippen molar-refractivity contribution in [1.82, 2.24) is 10.2 Å². The first-order chi connectivity index (χ1) is 10.4. The number of nitrogens with zero attached hydrogens (tertiary/aromatic N) is 1. The van der Waals surface area contributed by atoms with E-state index >= 15 is 0 Å². The van der Waals surface area contributed by atoms with Crippen LogP contribution in [-0.4, -0.2) is 50.8 Å². The SMILES string of the molecule is COc1ccccc1OCCNCC1CCN(C2CC2)C1. The highest BCUT2D eigenvalue weighted by Gasteiger charge is 2.33. The lowest BCUT2D eigenvalue weighted by molar-refractivity contribution is 0.285. The third-order valence-corrected chi connectivity index (χ3v) is 4.42. The summed E-state index contributed by atoms with van der Waals surface area (Å²) < 4.78 is 11.0. The Morgan fingerprint density at radius 3 is 2.76 bits per heavy atom. The highest BCUT2D eigenvalue weighted by Crippen LogP contribution is 2.31. The molecule has 2 aliphatic rings. The number of likely N-dealkylation sites (tertiary alicyclic amines) is 1. The highest BCUT2D eigenvalue weighted by molar-refractivity contribution is 5.39. The minimum absolute atomic E-state index is 0.680. The fourth-order valence-electron chi connectivity index (χ4n) is 3.08. The molecule has 116 valence electrons. The van der Waals surface area contributed by atoms with Crippen molar-refractivity contribution in [3.8, 4) is 11.5 Å². The molecule has 1 unspecified atom stereocenters. The van der Waals surface area contributed by atoms with Gasteiger partial charge in [-0.05, 0) is 50.4 Å². The van der Waals surface area contributed by atoms with E-state index in [4.69, 9.17) is 9.47 Å². The van der Waals surface area contributed by atoms with E-state index in [1.807, 2.05) is 24.3 Å². The minimum atomic E-state index is 0.680. The molecule has 3 rings (SSSR count). The largest absolute Gasteiger partial charge is 0.493 e. The Hall–Kier alpha value is -1.26. The molecular formula is C17H26N2O2. The molecule has 1 heterocycles. The topological polar surface area (TPSA) is 33.7 Å². The Morgan fingerprint density at radius 1 is 1.19 bits per heavy atom. The van der Waals surface area contributed by atoms with Crippen LogP contribution in [0.3, 0.4) is 0 Å². The molecule has 0 aromatic heterocycles. The minimum Gasteiger partial charge on any atom is -0.493 e. The standard InChI is InChI=1S/C17H26N2O2/c1-20-16-4-2-3-5-17(16)21-11-9-18-12-14-8-10-19(13-14)15-6-7-15/h2-5,14-15,18H,6-13H2,1H3. The molecule has 0 radical (unpaired) electrons. The van der Waals surface area contributed by atoms with Crippen molar-refractivity contribution < 1.29 is 9.47 Å². The molecule has 4 heteroatoms. The van der Waals surface area contributed by atoms with Crippen LogP contribution >= 0.6 is 0 Å². The van der Waals surface area contributed by atoms with Crippen LogP contribution in [0.15, 0.2) is 24.3 Å². The van der Waals surface area contributed by atoms with Gasteiger partial charge in [-0.25, -0.2) is 0 Å². The predicted molar refractivity (Wildman–Crippen MR) is 84.1 cm³/mol. The summed E-state index contributed by atoms with van der Waals surface area (Å²) in [5, 5.41) is 3.52. The van der Waals surface area contributed by atoms with Crippen LogP contribution in [-0.2, 0) is 0 Å². The van der Waals surface area contributed by atoms with Crippen LogP contribution in [0.4, 0.5) is 0 Å². The predicted octanol–water partition coefficient (Wildman–Crippen LogP) is 2.15. The second-order valence-corrected chi connectivity index (χ2v) is 6.08. The summed E-state index contributed by atoms with van der Waals surface area (Å²) in [6.07, 6.45) is 4.19. The van der Waals surface area contributed by atoms with Gasteiger partial charge in [-0.3, -0.25) is 0 Å². The van der Waals surface area contributed by atoms with E-state index in [0.29, 0.717) is 6.61 Å². The maximum Gasteiger partial charge on any atom is 0.161 e. The third-order valence-electron chi connectivity index (χ3n) is 4.42. The molecule has 0 bridgehead atoms. The lowest BCUT2D eigenvalue weighted by atomic mass is 10.1. The van der Waals surface area contributed by atoms with Gasteiger partial charge in [0.25, 0.3) is 0 Å². The van der Waals surface area contributed by atoms with Crippen LogP contribution in [0.5, 0.6) is 11.5 Å². The lowest BCUT2D eigenvalue weighted by Crippen LogP contribution is -2.29. The number of rotatable bonds is 8. The summed E-state index contributed by atoms with van der Waals surface area (Å²) in [6, 6.07) is 8.71. The van der Waals surface area contributed by atoms with E-state index < -0.39 is 0 Å². The van der Waals surface area contributed by atoms with E-state index in [2.05, 4.69) is 10.2 Å². The molecule has 1 aliphatic carbocycles. The number of hydrogen-bond donors (Lipinski definition) is 1. The molecular weight excluding hydrogens is 264 g/mol. The monoisotopic (exact) mass is 290 g/mol. The molecule has 4 nitrogen and oxygen atoms in total. The molecule has 0 amide bonds. The Kier molecular flexibility index (Phi) is 4.99. The molecule has 1 aliphatic heterocycles. The maximum absolute atomic E-state index is 5.76. The van der Waals surface area contributed by atoms with Crippen molar-refractivity contribution in [3.63, 3.8) is 0 Å². The van der Waals surface area contributed by atoms with Crippen molar-refractivity contribution in [2.75, 3.05) is 39.9 Å². The Morgan fingerprint density at radius 2 is 2.00 bits per heavy atom. The zero-order valence-electron chi connectivity index (χ0n) is 12.9. The summed E-state index contributed by atoms with van der Waals surface area (Å²) in [7, 11) is 1.67. The van der Waals surface area contributed by atoms with Crippen molar-refractivity contribution in [3.05, 3.63) is 24.3 Å². The number of benzene rings is 1. The molecule has 0 spiro atoms. The first-order valence-corrected chi connectivity index (χ1v) is 8.07. The lowest BCUT2D eigenvalue weighted by Gasteiger charge is -2.15. The smallest absolute Gasteiger partial charge is 0.161 e. The number of hydrogen-bond acceptors (Lipinski definition) is 4. The van der Waals surface area contributed by atoms with E-state index in [0.717, 1.165) is 36.5 Å². The van der Waals surface area contributed by atoms with Crippen LogP contribution in [0, 0.1) is 5.92 Å². The molecule has 1 saturated carbocycles. The molecule has 1 atom stereocenters. The zero-order valence-corrected chi connectivity index (χ0v) is 12.9. The Bertz CT molecular complexity index is 448. The van der Waals surface area contributed by atoms with E-state index in [1.165, 1.54) is 32.4 Å². The van der Waals surface area contributed by atoms with Gasteiger partial charge in [0.2, 0.25) is 0 Å². The van der Waals surface area contributed by atoms with Crippen LogP contribution in [0.1, 0.15) is 19.3 Å². The molecule has 1 N–H and O–H groups in total. The fourth-order valence-corrected chi connectivity index (χ4v) is 3.08. The van der Waals surface area contributed by atoms with Gasteiger partial charge in [-0.2, -0.15) is 0 Å². The van der Waals surface area contributed by atoms with Gasteiger partial charge in [-0.15, -0.1) is 0 Å². The first-order valence-electron chi connectivity index (χ1n) is 8.07. The summed E-state index contributed by atoms with van der Waals surface area (Å²) >= 11 is 0. The van der Waals surface area contributed by atoms with Gasteiger partial charge in [-0.1, -0.05) is 12.1 Å². The van der Waals surface area contributed by atoms with E-state index in [1.54, 1.807) is 7.11 Å². The Labute approximate surface area is 127 Å². The number of nitrogens with one attached hydrogen (secondary N) is 1. The second kappa shape index (κ2) is 7.14. The number of methoxy groups -OCH3 is 1. The average molecular weight is 290 g/mol. The summed E-state index contributed by atoms with van der Waals surface area (Å²) in [4.78, 5) is 2.66. The van der Waals surface area contributed by atoms with Gasteiger partial charge in [0.15, 0.2) is 11.5 Å². The van der Waals surface area contributed by atoms with Crippen molar-refractivity contribution in [2.24, 2.45) is 5.92 Å². The van der Waals surface area contributed by atoms with Gasteiger partial charge >= 0.3 is 0 Å². The van der Waals surface area contributed by atoms with Gasteiger partial charge in [0.05, 0.1) is 7.11 Å². The molecule has 1 aromatic rings. The molecule has 21 heavy (non-hydrogen) atoms. The van der Waals surface area contributed by atoms with Crippen molar-refractivity contribution in [1.29, 1.82) is 0 Å². The van der Waals surface area contributed by atoms with E-state index in [9.17, 15) is 0 Å². The van der Waals surface area contributed by atoms with Gasteiger partial charge in [0.1, 0.15) is 6.61 Å². The summed E-state index contributed by atoms with van der Waals surface area (Å²) in [6.45, 7) is 5.26. The van der Waals surface area contributed by atoms with E-state index in [-0.39, 0.29) is 0 Å². The van der Waals surface area contributed by atoms with Crippen LogP contribution in [0.25, 0.3) is 0 Å². The molecule has 1 aromatic carbocycles. The zero-order chi connectivity index (χ0) is 14.5. The second-order valence-electron chi connectivity index (χ2n) is 6.08. The highest BCUT2D eigenvalue weighted by atomic mass is 16.5. The molecule has 2 fully saturated rings. The van der Waals surface area contributed by atoms with Crippen LogP contribution in [0.2, 0.25) is 0 Å². The normalized spacial score (nSPS) is 22.4. The summed E-state index contributed by atoms with van der Waals surface area (Å²) in [5.41, 5.74) is 0.